The molecule has 24 spiro atoms. The van der Waals surface area contributed by atoms with Gasteiger partial charge in [-0.15, -0.1) is 0 Å². The van der Waals surface area contributed by atoms with Gasteiger partial charge in [0, 0.05) is 21.1 Å². The van der Waals surface area contributed by atoms with Crippen LogP contribution in [0.25, 0.3) is 0 Å². The fraction of sp³-hybridized carbons (Fsp3) is 0.980. The van der Waals surface area contributed by atoms with Crippen LogP contribution < -0.4 is 0 Å². The van der Waals surface area contributed by atoms with Crippen molar-refractivity contribution in [1.82, 2.24) is 0 Å². The molecule has 0 N–H and O–H groups in total. The van der Waals surface area contributed by atoms with Gasteiger partial charge in [0.05, 0.1) is 0 Å². The molecule has 1 heteroatoms. The Morgan fingerprint density at radius 1 is 0.212 bits per heavy atom. The Morgan fingerprint density at radius 2 is 0.423 bits per heavy atom. The molecule has 0 nitrogen and oxygen atoms in total. The average Bonchev–Trinajstić information content (AvgIpc) is 2.97. The van der Waals surface area contributed by atoms with Gasteiger partial charge in [0.2, 0.25) is 0 Å². The van der Waals surface area contributed by atoms with Crippen LogP contribution in [0.3, 0.4) is 0 Å². The third kappa shape index (κ3) is 0.408. The minimum atomic E-state index is 0. The number of rotatable bonds is 0. The molecule has 244 valence electrons. The summed E-state index contributed by atoms with van der Waals surface area (Å²) in [6.07, 6.45) is 7.37. The Labute approximate surface area is 312 Å². The zero-order valence-corrected chi connectivity index (χ0v) is 31.9. The standard InChI is InChI=1S/C50H30.CH3.W/c1-5-13-6-2-10-16-21-25-26-22-18-12-4-8-14-7-3-11-17-20-24-23-19-15-9(1)27(5)31(13)28(6,10)34(16)38(21)43(25)44(26)40(22)36(18)30(8,12)32(14)29(7,11)35(17)39(20)42(24)41(23)37(19)33(15,27)45(31,34)47(37,38)49(41,43)50(42,44)48(39,40)46(32,35)36;;/h5-26H,1-4H2;1H3;/q;-1;. The molecule has 0 aromatic carbocycles. The van der Waals surface area contributed by atoms with Gasteiger partial charge >= 0.3 is 0 Å². The summed E-state index contributed by atoms with van der Waals surface area (Å²) in [6, 6.07) is 0. The second kappa shape index (κ2) is 2.88. The van der Waals surface area contributed by atoms with Crippen molar-refractivity contribution in [3.63, 3.8) is 0 Å². The largest absolute Gasteiger partial charge is 0.358 e. The minimum Gasteiger partial charge on any atom is -0.358 e. The summed E-state index contributed by atoms with van der Waals surface area (Å²) < 4.78 is 0. The molecule has 36 atom stereocenters. The molecule has 36 aliphatic carbocycles. The second-order valence-electron chi connectivity index (χ2n) is 32.4. The minimum absolute atomic E-state index is 0. The van der Waals surface area contributed by atoms with Crippen molar-refractivity contribution in [3.8, 4) is 0 Å². The van der Waals surface area contributed by atoms with E-state index in [0.29, 0.717) is 0 Å². The summed E-state index contributed by atoms with van der Waals surface area (Å²) in [5.74, 6) is 30.8. The topological polar surface area (TPSA) is 0 Å². The molecule has 0 heterocycles. The molecule has 52 heavy (non-hydrogen) atoms. The molecule has 36 saturated carbocycles. The summed E-state index contributed by atoms with van der Waals surface area (Å²) in [4.78, 5) is 0. The molecule has 0 amide bonds. The van der Waals surface area contributed by atoms with Gasteiger partial charge in [-0.05, 0) is 286 Å². The molecule has 0 aromatic heterocycles. The molecular weight excluding hydrogens is 796 g/mol. The van der Waals surface area contributed by atoms with E-state index in [2.05, 4.69) is 0 Å². The van der Waals surface area contributed by atoms with E-state index in [9.17, 15) is 0 Å². The van der Waals surface area contributed by atoms with Crippen LogP contribution in [0.15, 0.2) is 0 Å². The molecule has 36 aliphatic rings. The Bertz CT molecular complexity index is 2910. The summed E-state index contributed by atoms with van der Waals surface area (Å²) in [7, 11) is 0. The summed E-state index contributed by atoms with van der Waals surface area (Å²) in [5, 5.41) is 0. The average molecular weight is 830 g/mol. The van der Waals surface area contributed by atoms with E-state index in [-0.39, 0.29) is 28.5 Å². The third-order valence-electron chi connectivity index (χ3n) is 43.6. The van der Waals surface area contributed by atoms with E-state index in [4.69, 9.17) is 0 Å². The van der Waals surface area contributed by atoms with Gasteiger partial charge in [-0.1, -0.05) is 0 Å². The quantitative estimate of drug-likeness (QED) is 0.311. The van der Waals surface area contributed by atoms with E-state index >= 15 is 0 Å². The number of hydrogen-bond donors (Lipinski definition) is 0. The Balaban J connectivity index is 0.00000103. The number of fused-ring (bicyclic) bond motifs is 18. The van der Waals surface area contributed by atoms with Crippen LogP contribution in [0.2, 0.25) is 0 Å². The first-order valence-electron chi connectivity index (χ1n) is 24.9. The fourth-order valence-corrected chi connectivity index (χ4v) is 55.5. The van der Waals surface area contributed by atoms with Crippen molar-refractivity contribution in [2.24, 2.45) is 260 Å². The predicted octanol–water partition coefficient (Wildman–Crippen LogP) is 4.71. The molecule has 0 bridgehead atoms. The van der Waals surface area contributed by atoms with E-state index in [1.54, 1.807) is 0 Å². The predicted molar refractivity (Wildman–Crippen MR) is 160 cm³/mol. The molecule has 0 radical (unpaired) electrons. The van der Waals surface area contributed by atoms with Crippen molar-refractivity contribution in [2.75, 3.05) is 0 Å². The molecule has 0 saturated heterocycles. The first-order chi connectivity index (χ1) is 24.9. The summed E-state index contributed by atoms with van der Waals surface area (Å²) in [5.41, 5.74) is 27.2. The zero-order valence-electron chi connectivity index (χ0n) is 28.9. The van der Waals surface area contributed by atoms with Crippen molar-refractivity contribution >= 4 is 0 Å². The van der Waals surface area contributed by atoms with E-state index < -0.39 is 0 Å². The van der Waals surface area contributed by atoms with Gasteiger partial charge in [0.25, 0.3) is 0 Å². The van der Waals surface area contributed by atoms with E-state index in [0.717, 1.165) is 130 Å². The molecule has 36 unspecified atom stereocenters. The monoisotopic (exact) mass is 829 g/mol. The Morgan fingerprint density at radius 3 is 0.712 bits per heavy atom. The number of hydrogen-bond acceptors (Lipinski definition) is 0. The Kier molecular flexibility index (Phi) is 1.06. The molecule has 36 fully saturated rings. The van der Waals surface area contributed by atoms with Crippen molar-refractivity contribution in [3.05, 3.63) is 7.43 Å². The van der Waals surface area contributed by atoms with Crippen LogP contribution in [0.5, 0.6) is 0 Å². The maximum absolute atomic E-state index is 1.84. The first kappa shape index (κ1) is 19.2. The third-order valence-corrected chi connectivity index (χ3v) is 43.6. The zero-order chi connectivity index (χ0) is 27.5. The van der Waals surface area contributed by atoms with Crippen molar-refractivity contribution in [2.45, 2.75) is 25.7 Å². The van der Waals surface area contributed by atoms with Crippen LogP contribution in [0.1, 0.15) is 25.7 Å². The maximum atomic E-state index is 1.84. The summed E-state index contributed by atoms with van der Waals surface area (Å²) in [6.45, 7) is 0. The van der Waals surface area contributed by atoms with Gasteiger partial charge in [-0.3, -0.25) is 0 Å². The SMILES string of the molecule is C1C2C3C4CC5C6C7C8C9C%10C%11C%12CC%13C%14C%15CC%16C%17C%18C%19C%20C%21C%22C1C21C32C45C63C74C85C96C%107C%118C%13%12C%149C%15%16C%17%10C%18%11C%19%12C%20%13C%21%14C%221C23C%144C%135C%126C%117C9%108.[CH3-].[W]. The fourth-order valence-electron chi connectivity index (χ4n) is 55.5. The van der Waals surface area contributed by atoms with Gasteiger partial charge in [0.1, 0.15) is 0 Å². The van der Waals surface area contributed by atoms with Crippen LogP contribution in [0, 0.1) is 268 Å². The maximum Gasteiger partial charge on any atom is 0 e. The first-order valence-corrected chi connectivity index (χ1v) is 24.9. The van der Waals surface area contributed by atoms with E-state index in [1.807, 2.05) is 25.7 Å². The molecule has 0 aromatic rings. The van der Waals surface area contributed by atoms with Gasteiger partial charge < -0.3 is 7.43 Å². The molecule has 0 aliphatic heterocycles. The van der Waals surface area contributed by atoms with Gasteiger partial charge in [0.15, 0.2) is 0 Å². The molecule has 36 rings (SSSR count). The second-order valence-corrected chi connectivity index (χ2v) is 32.4. The van der Waals surface area contributed by atoms with Crippen LogP contribution >= 0.6 is 0 Å². The van der Waals surface area contributed by atoms with Crippen LogP contribution in [-0.4, -0.2) is 0 Å². The van der Waals surface area contributed by atoms with Gasteiger partial charge in [-0.2, -0.15) is 0 Å². The van der Waals surface area contributed by atoms with Crippen molar-refractivity contribution in [1.29, 1.82) is 0 Å². The molecular formula is C51H33W-. The van der Waals surface area contributed by atoms with E-state index in [1.165, 1.54) is 130 Å². The van der Waals surface area contributed by atoms with Gasteiger partial charge in [-0.25, -0.2) is 0 Å². The normalized spacial score (nSPS) is 136. The Hall–Kier alpha value is 0.688. The summed E-state index contributed by atoms with van der Waals surface area (Å²) >= 11 is 0. The van der Waals surface area contributed by atoms with Crippen LogP contribution in [0.4, 0.5) is 0 Å². The smallest absolute Gasteiger partial charge is 0 e. The van der Waals surface area contributed by atoms with Crippen molar-refractivity contribution < 1.29 is 21.1 Å². The van der Waals surface area contributed by atoms with Crippen LogP contribution in [-0.2, 0) is 21.1 Å².